The lowest BCUT2D eigenvalue weighted by Crippen LogP contribution is -2.14. The molecule has 0 spiro atoms. The Hall–Kier alpha value is -0.890. The molecular weight excluding hydrogens is 160 g/mol. The van der Waals surface area contributed by atoms with E-state index in [0.29, 0.717) is 0 Å². The molecule has 0 unspecified atom stereocenters. The molecule has 1 aromatic rings. The van der Waals surface area contributed by atoms with Crippen molar-refractivity contribution in [3.05, 3.63) is 29.6 Å². The Kier molecular flexibility index (Phi) is 3.90. The van der Waals surface area contributed by atoms with Crippen molar-refractivity contribution >= 4 is 0 Å². The molecule has 0 bridgehead atoms. The van der Waals surface area contributed by atoms with Crippen LogP contribution in [0.1, 0.15) is 32.0 Å². The Morgan fingerprint density at radius 1 is 1.38 bits per heavy atom. The minimum atomic E-state index is 1.03. The molecule has 2 rings (SSSR count). The van der Waals surface area contributed by atoms with Crippen molar-refractivity contribution in [2.45, 2.75) is 33.9 Å². The van der Waals surface area contributed by atoms with Gasteiger partial charge in [-0.15, -0.1) is 0 Å². The van der Waals surface area contributed by atoms with Crippen LogP contribution in [0.4, 0.5) is 0 Å². The van der Waals surface area contributed by atoms with E-state index in [0.717, 1.165) is 19.6 Å². The molecule has 0 fully saturated rings. The van der Waals surface area contributed by atoms with Crippen molar-refractivity contribution in [3.63, 3.8) is 0 Å². The summed E-state index contributed by atoms with van der Waals surface area (Å²) in [6, 6.07) is 4.18. The van der Waals surface area contributed by atoms with Crippen LogP contribution in [0.3, 0.4) is 0 Å². The molecule has 2 heteroatoms. The van der Waals surface area contributed by atoms with Gasteiger partial charge in [0.1, 0.15) is 0 Å². The van der Waals surface area contributed by atoms with Crippen LogP contribution in [0.15, 0.2) is 18.3 Å². The number of hydrogen-bond donors (Lipinski definition) is 0. The van der Waals surface area contributed by atoms with Crippen molar-refractivity contribution in [1.82, 2.24) is 9.88 Å². The first-order valence-corrected chi connectivity index (χ1v) is 5.05. The fourth-order valence-electron chi connectivity index (χ4n) is 1.49. The van der Waals surface area contributed by atoms with Gasteiger partial charge in [-0.1, -0.05) is 26.8 Å². The van der Waals surface area contributed by atoms with Crippen molar-refractivity contribution in [2.24, 2.45) is 0 Å². The summed E-state index contributed by atoms with van der Waals surface area (Å²) in [5, 5.41) is 0. The van der Waals surface area contributed by atoms with E-state index in [-0.39, 0.29) is 0 Å². The lowest BCUT2D eigenvalue weighted by molar-refractivity contribution is 0.299. The maximum absolute atomic E-state index is 4.32. The summed E-state index contributed by atoms with van der Waals surface area (Å²) in [5.74, 6) is 0. The molecule has 13 heavy (non-hydrogen) atoms. The molecule has 1 aromatic heterocycles. The molecule has 1 aliphatic rings. The molecule has 0 amide bonds. The van der Waals surface area contributed by atoms with Crippen molar-refractivity contribution in [1.29, 1.82) is 0 Å². The van der Waals surface area contributed by atoms with Gasteiger partial charge in [0.05, 0.1) is 5.69 Å². The zero-order valence-electron chi connectivity index (χ0n) is 8.75. The van der Waals surface area contributed by atoms with E-state index >= 15 is 0 Å². The van der Waals surface area contributed by atoms with Gasteiger partial charge in [-0.3, -0.25) is 9.88 Å². The van der Waals surface area contributed by atoms with Crippen LogP contribution < -0.4 is 0 Å². The highest BCUT2D eigenvalue weighted by atomic mass is 15.1. The summed E-state index contributed by atoms with van der Waals surface area (Å²) in [5.41, 5.74) is 2.66. The number of nitrogens with zero attached hydrogens (tertiary/aromatic N) is 2. The fraction of sp³-hybridized carbons (Fsp3) is 0.545. The van der Waals surface area contributed by atoms with Gasteiger partial charge in [-0.25, -0.2) is 0 Å². The first kappa shape index (κ1) is 10.2. The molecule has 0 aliphatic carbocycles. The topological polar surface area (TPSA) is 16.1 Å². The number of hydrogen-bond acceptors (Lipinski definition) is 2. The molecule has 0 saturated carbocycles. The summed E-state index contributed by atoms with van der Waals surface area (Å²) in [4.78, 5) is 6.70. The van der Waals surface area contributed by atoms with Crippen LogP contribution in [-0.4, -0.2) is 16.4 Å². The van der Waals surface area contributed by atoms with E-state index in [4.69, 9.17) is 0 Å². The molecule has 0 aromatic carbocycles. The lowest BCUT2D eigenvalue weighted by atomic mass is 10.2. The second-order valence-electron chi connectivity index (χ2n) is 2.91. The van der Waals surface area contributed by atoms with Crippen LogP contribution in [0.5, 0.6) is 0 Å². The molecular formula is C11H18N2. The van der Waals surface area contributed by atoms with E-state index in [1.165, 1.54) is 11.3 Å². The van der Waals surface area contributed by atoms with Gasteiger partial charge in [-0.05, 0) is 18.2 Å². The monoisotopic (exact) mass is 178 g/mol. The summed E-state index contributed by atoms with van der Waals surface area (Å²) in [6.45, 7) is 9.43. The summed E-state index contributed by atoms with van der Waals surface area (Å²) >= 11 is 0. The van der Waals surface area contributed by atoms with Gasteiger partial charge in [-0.2, -0.15) is 0 Å². The zero-order chi connectivity index (χ0) is 9.68. The van der Waals surface area contributed by atoms with Gasteiger partial charge in [0.15, 0.2) is 0 Å². The third-order valence-corrected chi connectivity index (χ3v) is 2.20. The lowest BCUT2D eigenvalue weighted by Gasteiger charge is -2.08. The van der Waals surface area contributed by atoms with Crippen LogP contribution in [0, 0.1) is 0 Å². The number of fused-ring (bicyclic) bond motifs is 1. The summed E-state index contributed by atoms with van der Waals surface area (Å²) in [6.07, 6.45) is 1.87. The highest BCUT2D eigenvalue weighted by molar-refractivity contribution is 5.23. The average Bonchev–Trinajstić information content (AvgIpc) is 2.63. The van der Waals surface area contributed by atoms with Gasteiger partial charge in [0.2, 0.25) is 0 Å². The predicted molar refractivity (Wildman–Crippen MR) is 55.4 cm³/mol. The molecule has 2 nitrogen and oxygen atoms in total. The smallest absolute Gasteiger partial charge is 0.0588 e. The fourth-order valence-corrected chi connectivity index (χ4v) is 1.49. The van der Waals surface area contributed by atoms with Gasteiger partial charge in [0, 0.05) is 19.3 Å². The Bertz CT molecular complexity index is 233. The summed E-state index contributed by atoms with van der Waals surface area (Å²) < 4.78 is 0. The second-order valence-corrected chi connectivity index (χ2v) is 2.91. The quantitative estimate of drug-likeness (QED) is 0.656. The third kappa shape index (κ3) is 2.28. The zero-order valence-corrected chi connectivity index (χ0v) is 8.75. The Morgan fingerprint density at radius 3 is 2.77 bits per heavy atom. The SMILES string of the molecule is CC.CCN1Cc2cccnc2C1. The van der Waals surface area contributed by atoms with Gasteiger partial charge in [0.25, 0.3) is 0 Å². The molecule has 72 valence electrons. The third-order valence-electron chi connectivity index (χ3n) is 2.20. The second kappa shape index (κ2) is 4.97. The van der Waals surface area contributed by atoms with E-state index < -0.39 is 0 Å². The molecule has 0 N–H and O–H groups in total. The van der Waals surface area contributed by atoms with E-state index in [1.54, 1.807) is 0 Å². The van der Waals surface area contributed by atoms with Crippen molar-refractivity contribution in [3.8, 4) is 0 Å². The molecule has 0 atom stereocenters. The standard InChI is InChI=1S/C9H12N2.C2H6/c1-2-11-6-8-4-3-5-10-9(8)7-11;1-2/h3-5H,2,6-7H2,1H3;1-2H3. The van der Waals surface area contributed by atoms with Crippen molar-refractivity contribution in [2.75, 3.05) is 6.54 Å². The highest BCUT2D eigenvalue weighted by Crippen LogP contribution is 2.18. The Labute approximate surface area is 80.6 Å². The largest absolute Gasteiger partial charge is 0.293 e. The minimum Gasteiger partial charge on any atom is -0.293 e. The normalized spacial score (nSPS) is 14.7. The van der Waals surface area contributed by atoms with Gasteiger partial charge >= 0.3 is 0 Å². The first-order chi connectivity index (χ1) is 6.40. The van der Waals surface area contributed by atoms with Crippen LogP contribution in [0.2, 0.25) is 0 Å². The molecule has 2 heterocycles. The Morgan fingerprint density at radius 2 is 2.15 bits per heavy atom. The molecule has 0 radical (unpaired) electrons. The first-order valence-electron chi connectivity index (χ1n) is 5.05. The number of aromatic nitrogens is 1. The van der Waals surface area contributed by atoms with Crippen LogP contribution in [0.25, 0.3) is 0 Å². The van der Waals surface area contributed by atoms with E-state index in [1.807, 2.05) is 26.1 Å². The Balaban J connectivity index is 0.000000396. The minimum absolute atomic E-state index is 1.03. The van der Waals surface area contributed by atoms with Crippen LogP contribution in [-0.2, 0) is 13.1 Å². The van der Waals surface area contributed by atoms with E-state index in [9.17, 15) is 0 Å². The molecule has 0 saturated heterocycles. The van der Waals surface area contributed by atoms with Crippen LogP contribution >= 0.6 is 0 Å². The molecule has 1 aliphatic heterocycles. The average molecular weight is 178 g/mol. The van der Waals surface area contributed by atoms with E-state index in [2.05, 4.69) is 22.9 Å². The summed E-state index contributed by atoms with van der Waals surface area (Å²) in [7, 11) is 0. The number of pyridine rings is 1. The number of rotatable bonds is 1. The highest BCUT2D eigenvalue weighted by Gasteiger charge is 2.16. The van der Waals surface area contributed by atoms with Crippen molar-refractivity contribution < 1.29 is 0 Å². The maximum Gasteiger partial charge on any atom is 0.0588 e. The van der Waals surface area contributed by atoms with Gasteiger partial charge < -0.3 is 0 Å². The maximum atomic E-state index is 4.32. The predicted octanol–water partition coefficient (Wildman–Crippen LogP) is 2.44.